The lowest BCUT2D eigenvalue weighted by atomic mass is 10.1. The van der Waals surface area contributed by atoms with Crippen molar-refractivity contribution in [3.8, 4) is 34.6 Å². The molecule has 0 bridgehead atoms. The molecule has 0 aromatic heterocycles. The van der Waals surface area contributed by atoms with Crippen LogP contribution in [-0.4, -0.2) is 107 Å². The third kappa shape index (κ3) is 19.5. The Morgan fingerprint density at radius 1 is 0.566 bits per heavy atom. The molecule has 0 spiro atoms. The lowest BCUT2D eigenvalue weighted by Gasteiger charge is -2.19. The predicted molar refractivity (Wildman–Crippen MR) is 372 cm³/mol. The average Bonchev–Trinajstić information content (AvgIpc) is 1.76. The van der Waals surface area contributed by atoms with Crippen LogP contribution in [0.1, 0.15) is 59.1 Å². The maximum absolute atomic E-state index is 12.4. The summed E-state index contributed by atoms with van der Waals surface area (Å²) in [5.74, 6) is -2.14. The van der Waals surface area contributed by atoms with E-state index in [0.717, 1.165) is 40.0 Å². The van der Waals surface area contributed by atoms with E-state index in [0.29, 0.717) is 95.6 Å². The number of halogens is 5. The molecule has 2 saturated carbocycles. The van der Waals surface area contributed by atoms with E-state index in [1.54, 1.807) is 25.1 Å². The Hall–Kier alpha value is -10.7. The number of carboxylic acid groups (broad SMARTS) is 1. The molecule has 0 amide bonds. The maximum atomic E-state index is 12.4. The van der Waals surface area contributed by atoms with Crippen molar-refractivity contribution in [1.82, 2.24) is 69.2 Å². The lowest BCUT2D eigenvalue weighted by Crippen LogP contribution is -2.30. The average molecular weight is 1400 g/mol. The number of aryl methyl sites for hydroxylation is 3. The standard InChI is InChI=1S/C23H24N6O2.C20H18ClN5O2.C13H9ClN4O3.C7H9N.C3H7N.C2HF3O2/c1-14-11-18-19(12-17(14)25-16-7-8-16)29(10-9-24-13-15-5-3-2-4-6-15)21-20(26-18)22(30)28-23(31)27-21;1-12-9-15-16(10-14(12)21)26(8-7-22-11-13-5-3-2-4-6-13)18-17(23-15)19(27)25-20(28)24-18;1-6-4-8-9(5-7(6)14)18(2-3-19)11-10(15-8)12(20)17-13(21)16-11;8-6-7-4-2-1-3-5-7;4-3-1-2-3;3-2(4,5)1(6)7/h2-6,11-12,16,24-25H,7-10,13H2,1H3,(H,28,30,31);2-6,9-10,22H,7-8,11H2,1H3,(H,25,27,28);3-5H,2H2,1H3,(H,17,20,21);1-5H,6,8H2;3H,1-2,4H2;(H,6,7). The van der Waals surface area contributed by atoms with Crippen LogP contribution in [0.5, 0.6) is 0 Å². The number of aldehydes is 1. The fourth-order valence-electron chi connectivity index (χ4n) is 9.85. The van der Waals surface area contributed by atoms with Gasteiger partial charge in [-0.2, -0.15) is 28.1 Å². The zero-order valence-corrected chi connectivity index (χ0v) is 55.1. The van der Waals surface area contributed by atoms with Crippen molar-refractivity contribution in [2.75, 3.05) is 18.4 Å². The van der Waals surface area contributed by atoms with E-state index in [4.69, 9.17) is 44.6 Å². The Balaban J connectivity index is 0.000000154. The normalized spacial score (nSPS) is 12.5. The number of carboxylic acids is 1. The Morgan fingerprint density at radius 3 is 1.26 bits per heavy atom. The van der Waals surface area contributed by atoms with E-state index < -0.39 is 45.9 Å². The summed E-state index contributed by atoms with van der Waals surface area (Å²) in [6.07, 6.45) is 0.445. The first-order valence-electron chi connectivity index (χ1n) is 31.0. The molecule has 6 aliphatic heterocycles. The maximum Gasteiger partial charge on any atom is 0.490 e. The van der Waals surface area contributed by atoms with Crippen LogP contribution in [0.25, 0.3) is 67.7 Å². The molecule has 2 fully saturated rings. The molecule has 0 atom stereocenters. The van der Waals surface area contributed by atoms with Gasteiger partial charge in [-0.25, -0.2) is 34.1 Å². The predicted octanol–water partition coefficient (Wildman–Crippen LogP) is 7.22. The van der Waals surface area contributed by atoms with Gasteiger partial charge in [0.15, 0.2) is 34.6 Å². The number of anilines is 1. The molecule has 26 nitrogen and oxygen atoms in total. The van der Waals surface area contributed by atoms with Crippen molar-refractivity contribution >= 4 is 74.2 Å². The summed E-state index contributed by atoms with van der Waals surface area (Å²) in [4.78, 5) is 123. The second kappa shape index (κ2) is 33.0. The van der Waals surface area contributed by atoms with E-state index >= 15 is 0 Å². The molecule has 2 aliphatic carbocycles. The van der Waals surface area contributed by atoms with Crippen molar-refractivity contribution in [3.05, 3.63) is 233 Å². The van der Waals surface area contributed by atoms with Crippen LogP contribution >= 0.6 is 23.2 Å². The summed E-state index contributed by atoms with van der Waals surface area (Å²) in [5.41, 5.74) is 18.3. The minimum Gasteiger partial charge on any atom is -0.475 e. The molecule has 99 heavy (non-hydrogen) atoms. The van der Waals surface area contributed by atoms with Gasteiger partial charge in [0.2, 0.25) is 0 Å². The van der Waals surface area contributed by atoms with Crippen molar-refractivity contribution in [2.24, 2.45) is 11.5 Å². The van der Waals surface area contributed by atoms with Crippen LogP contribution in [0.15, 0.2) is 156 Å². The van der Waals surface area contributed by atoms with Crippen LogP contribution in [0.3, 0.4) is 0 Å². The number of H-pyrrole nitrogens is 3. The second-order valence-corrected chi connectivity index (χ2v) is 23.8. The van der Waals surface area contributed by atoms with Crippen molar-refractivity contribution in [3.63, 3.8) is 0 Å². The summed E-state index contributed by atoms with van der Waals surface area (Å²) in [7, 11) is 0. The van der Waals surface area contributed by atoms with Gasteiger partial charge in [-0.3, -0.25) is 29.3 Å². The van der Waals surface area contributed by atoms with E-state index in [9.17, 15) is 46.7 Å². The number of rotatable bonds is 15. The van der Waals surface area contributed by atoms with E-state index in [-0.39, 0.29) is 35.3 Å². The number of aromatic amines is 3. The van der Waals surface area contributed by atoms with Gasteiger partial charge in [0, 0.05) is 73.6 Å². The summed E-state index contributed by atoms with van der Waals surface area (Å²) >= 11 is 12.4. The first kappa shape index (κ1) is 72.6. The second-order valence-electron chi connectivity index (χ2n) is 23.0. The zero-order valence-electron chi connectivity index (χ0n) is 53.6. The van der Waals surface area contributed by atoms with Crippen LogP contribution in [0.2, 0.25) is 10.0 Å². The van der Waals surface area contributed by atoms with Gasteiger partial charge in [0.05, 0.1) is 39.6 Å². The van der Waals surface area contributed by atoms with E-state index in [1.165, 1.54) is 46.9 Å². The van der Waals surface area contributed by atoms with Crippen molar-refractivity contribution < 1.29 is 27.9 Å². The molecule has 11 N–H and O–H groups in total. The minimum absolute atomic E-state index is 0.00525. The molecule has 14 rings (SSSR count). The van der Waals surface area contributed by atoms with Gasteiger partial charge in [0.25, 0.3) is 16.7 Å². The summed E-state index contributed by atoms with van der Waals surface area (Å²) in [5, 5.41) is 18.6. The number of aromatic nitrogens is 12. The van der Waals surface area contributed by atoms with E-state index in [1.807, 2.05) is 114 Å². The summed E-state index contributed by atoms with van der Waals surface area (Å²) in [6, 6.07) is 42.3. The Bertz CT molecular complexity index is 5110. The Morgan fingerprint density at radius 2 is 0.919 bits per heavy atom. The molecule has 0 radical (unpaired) electrons. The quantitative estimate of drug-likeness (QED) is 0.0278. The first-order chi connectivity index (χ1) is 47.4. The Labute approximate surface area is 570 Å². The minimum atomic E-state index is -5.08. The number of hydrogen-bond donors (Lipinski definition) is 9. The molecule has 6 aromatic rings. The van der Waals surface area contributed by atoms with Crippen molar-refractivity contribution in [1.29, 1.82) is 0 Å². The molecule has 6 aromatic carbocycles. The molecular weight excluding hydrogens is 1330 g/mol. The molecule has 6 heterocycles. The van der Waals surface area contributed by atoms with Crippen LogP contribution in [0, 0.1) is 20.8 Å². The fraction of sp³-hybridized carbons (Fsp3) is 0.265. The number of aliphatic carboxylic acids is 1. The highest BCUT2D eigenvalue weighted by Gasteiger charge is 2.38. The number of nitrogens with zero attached hydrogens (tertiary/aromatic N) is 9. The van der Waals surface area contributed by atoms with Gasteiger partial charge >= 0.3 is 29.2 Å². The fourth-order valence-corrected chi connectivity index (χ4v) is 10.2. The number of benzene rings is 6. The van der Waals surface area contributed by atoms with Crippen LogP contribution in [-0.2, 0) is 48.9 Å². The topological polar surface area (TPSA) is 384 Å². The SMILES string of the molecule is Cc1cc2nc3c(=O)[nH]c(=O)nc-3n(CC=O)c2cc1Cl.Cc1cc2nc3c(=O)[nH]c(=O)nc-3n(CCNCc3ccccc3)c2cc1Cl.Cc1cc2nc3c(=O)[nH]c(=O)nc-3n(CCNCc3ccccc3)c2cc1NC1CC1.NC1CC1.NCc1ccccc1.O=C(O)C(F)(F)F. The van der Waals surface area contributed by atoms with Crippen molar-refractivity contribution in [2.45, 2.75) is 104 Å². The Kier molecular flexibility index (Phi) is 24.2. The monoisotopic (exact) mass is 1390 g/mol. The van der Waals surface area contributed by atoms with Gasteiger partial charge in [-0.15, -0.1) is 0 Å². The first-order valence-corrected chi connectivity index (χ1v) is 31.8. The summed E-state index contributed by atoms with van der Waals surface area (Å²) in [6.45, 7) is 10.0. The smallest absolute Gasteiger partial charge is 0.475 e. The number of carbonyl (C=O) groups is 2. The highest BCUT2D eigenvalue weighted by Crippen LogP contribution is 2.32. The molecule has 31 heteroatoms. The highest BCUT2D eigenvalue weighted by molar-refractivity contribution is 6.32. The molecule has 514 valence electrons. The largest absolute Gasteiger partial charge is 0.490 e. The molecule has 0 unspecified atom stereocenters. The van der Waals surface area contributed by atoms with Gasteiger partial charge in [0.1, 0.15) is 6.29 Å². The van der Waals surface area contributed by atoms with Crippen LogP contribution in [0.4, 0.5) is 18.9 Å². The zero-order chi connectivity index (χ0) is 71.1. The van der Waals surface area contributed by atoms with Crippen LogP contribution < -0.4 is 61.2 Å². The third-order valence-corrected chi connectivity index (χ3v) is 16.1. The number of alkyl halides is 3. The number of carbonyl (C=O) groups excluding carboxylic acids is 1. The van der Waals surface area contributed by atoms with Gasteiger partial charge in [-0.1, -0.05) is 114 Å². The summed E-state index contributed by atoms with van der Waals surface area (Å²) < 4.78 is 36.9. The number of nitrogens with two attached hydrogens (primary N) is 2. The molecular formula is C68H68Cl2F3N17O9. The molecule has 8 aliphatic rings. The molecule has 0 saturated heterocycles. The lowest BCUT2D eigenvalue weighted by molar-refractivity contribution is -0.192. The van der Waals surface area contributed by atoms with E-state index in [2.05, 4.69) is 79.0 Å². The van der Waals surface area contributed by atoms with Gasteiger partial charge in [-0.05, 0) is 116 Å². The highest BCUT2D eigenvalue weighted by atomic mass is 35.5. The number of hydrogen-bond acceptors (Lipinski definition) is 19. The number of nitrogens with one attached hydrogen (secondary N) is 6. The van der Waals surface area contributed by atoms with Gasteiger partial charge < -0.3 is 51.0 Å². The number of fused-ring (bicyclic) bond motifs is 6. The third-order valence-electron chi connectivity index (χ3n) is 15.2.